The number of nitrogens with zero attached hydrogens (tertiary/aromatic N) is 1. The van der Waals surface area contributed by atoms with E-state index in [0.29, 0.717) is 31.1 Å². The van der Waals surface area contributed by atoms with Gasteiger partial charge in [0.15, 0.2) is 11.6 Å². The van der Waals surface area contributed by atoms with E-state index in [2.05, 4.69) is 37.2 Å². The summed E-state index contributed by atoms with van der Waals surface area (Å²) >= 11 is 7.32. The summed E-state index contributed by atoms with van der Waals surface area (Å²) in [5.74, 6) is 0.891. The first-order chi connectivity index (χ1) is 17.8. The summed E-state index contributed by atoms with van der Waals surface area (Å²) in [7, 11) is 0. The van der Waals surface area contributed by atoms with Gasteiger partial charge in [-0.2, -0.15) is 0 Å². The van der Waals surface area contributed by atoms with E-state index in [0.717, 1.165) is 25.6 Å². The molecule has 0 saturated carbocycles. The minimum Gasteiger partial charge on any atom is -0.494 e. The lowest BCUT2D eigenvalue weighted by Gasteiger charge is -2.32. The van der Waals surface area contributed by atoms with Gasteiger partial charge in [-0.05, 0) is 55.8 Å². The van der Waals surface area contributed by atoms with Gasteiger partial charge in [-0.25, -0.2) is 4.99 Å². The van der Waals surface area contributed by atoms with Gasteiger partial charge in [0.1, 0.15) is 5.75 Å². The van der Waals surface area contributed by atoms with Crippen molar-refractivity contribution >= 4 is 43.7 Å². The number of rotatable bonds is 10. The summed E-state index contributed by atoms with van der Waals surface area (Å²) in [5.41, 5.74) is 1.30. The summed E-state index contributed by atoms with van der Waals surface area (Å²) in [6.45, 7) is 4.39. The number of amides is 1. The molecule has 3 aromatic carbocycles. The lowest BCUT2D eigenvalue weighted by Crippen LogP contribution is -2.51. The van der Waals surface area contributed by atoms with Crippen LogP contribution in [0.5, 0.6) is 5.75 Å². The number of hydrogen-bond donors (Lipinski definition) is 2. The molecule has 2 N–H and O–H groups in total. The largest absolute Gasteiger partial charge is 0.494 e. The monoisotopic (exact) mass is 628 g/mol. The molecule has 0 spiro atoms. The molecule has 0 unspecified atom stereocenters. The topological polar surface area (TPSA) is 80.2 Å². The highest BCUT2D eigenvalue weighted by Crippen LogP contribution is 2.45. The second kappa shape index (κ2) is 12.2. The van der Waals surface area contributed by atoms with E-state index in [1.54, 1.807) is 0 Å². The van der Waals surface area contributed by atoms with Crippen LogP contribution in [-0.4, -0.2) is 41.7 Å². The Hall–Kier alpha value is -2.68. The molecular weight excluding hydrogens is 600 g/mol. The minimum absolute atomic E-state index is 0.0712. The van der Waals surface area contributed by atoms with E-state index in [1.807, 2.05) is 86.6 Å². The molecule has 3 aromatic rings. The summed E-state index contributed by atoms with van der Waals surface area (Å²) in [4.78, 5) is 19.0. The Bertz CT molecular complexity index is 1260. The van der Waals surface area contributed by atoms with E-state index in [-0.39, 0.29) is 18.6 Å². The lowest BCUT2D eigenvalue weighted by molar-refractivity contribution is -0.129. The Morgan fingerprint density at radius 2 is 1.73 bits per heavy atom. The Labute approximate surface area is 234 Å². The lowest BCUT2D eigenvalue weighted by atomic mass is 9.82. The van der Waals surface area contributed by atoms with Gasteiger partial charge in [0.2, 0.25) is 5.90 Å². The number of halogens is 2. The summed E-state index contributed by atoms with van der Waals surface area (Å²) in [6.07, 6.45) is 0.239. The SMILES string of the molecule is CC(C)NC(=O)[C@]1(Cc2ccccc2Br)N=C(c2ccc(OCCCO)cc2)O[C@@H]1c1ccccc1Br. The van der Waals surface area contributed by atoms with Gasteiger partial charge >= 0.3 is 0 Å². The van der Waals surface area contributed by atoms with Gasteiger partial charge < -0.3 is 19.9 Å². The normalized spacial score (nSPS) is 18.9. The van der Waals surface area contributed by atoms with Crippen molar-refractivity contribution in [2.24, 2.45) is 4.99 Å². The van der Waals surface area contributed by atoms with Crippen molar-refractivity contribution < 1.29 is 19.4 Å². The van der Waals surface area contributed by atoms with Crippen LogP contribution in [0, 0.1) is 0 Å². The van der Waals surface area contributed by atoms with Gasteiger partial charge in [-0.15, -0.1) is 0 Å². The van der Waals surface area contributed by atoms with Gasteiger partial charge in [0.25, 0.3) is 5.91 Å². The summed E-state index contributed by atoms with van der Waals surface area (Å²) in [6, 6.07) is 23.0. The second-order valence-electron chi connectivity index (χ2n) is 9.21. The second-order valence-corrected chi connectivity index (χ2v) is 10.9. The number of nitrogens with one attached hydrogen (secondary N) is 1. The van der Waals surface area contributed by atoms with E-state index in [1.165, 1.54) is 0 Å². The third-order valence-electron chi connectivity index (χ3n) is 6.06. The van der Waals surface area contributed by atoms with E-state index < -0.39 is 11.6 Å². The molecule has 0 aliphatic carbocycles. The highest BCUT2D eigenvalue weighted by Gasteiger charge is 2.54. The fraction of sp³-hybridized carbons (Fsp3) is 0.310. The fourth-order valence-corrected chi connectivity index (χ4v) is 5.18. The molecule has 1 aliphatic rings. The maximum absolute atomic E-state index is 14.0. The van der Waals surface area contributed by atoms with Gasteiger partial charge in [-0.1, -0.05) is 68.3 Å². The molecule has 1 aliphatic heterocycles. The van der Waals surface area contributed by atoms with Crippen LogP contribution in [0.4, 0.5) is 0 Å². The van der Waals surface area contributed by atoms with Crippen LogP contribution in [0.3, 0.4) is 0 Å². The number of carbonyl (C=O) groups excluding carboxylic acids is 1. The number of benzene rings is 3. The number of hydrogen-bond acceptors (Lipinski definition) is 5. The van der Waals surface area contributed by atoms with Crippen LogP contribution in [0.15, 0.2) is 86.7 Å². The van der Waals surface area contributed by atoms with Crippen molar-refractivity contribution in [1.82, 2.24) is 5.32 Å². The first kappa shape index (κ1) is 27.4. The smallest absolute Gasteiger partial charge is 0.252 e. The zero-order valence-corrected chi connectivity index (χ0v) is 24.0. The molecule has 8 heteroatoms. The number of carbonyl (C=O) groups is 1. The van der Waals surface area contributed by atoms with Crippen LogP contribution in [0.25, 0.3) is 0 Å². The maximum atomic E-state index is 14.0. The Balaban J connectivity index is 1.81. The van der Waals surface area contributed by atoms with Crippen molar-refractivity contribution in [3.63, 3.8) is 0 Å². The van der Waals surface area contributed by atoms with Crippen LogP contribution in [-0.2, 0) is 16.0 Å². The molecular formula is C29H30Br2N2O4. The molecule has 4 rings (SSSR count). The molecule has 6 nitrogen and oxygen atoms in total. The van der Waals surface area contributed by atoms with Gasteiger partial charge in [0, 0.05) is 45.6 Å². The van der Waals surface area contributed by atoms with Crippen molar-refractivity contribution in [3.05, 3.63) is 98.4 Å². The predicted octanol–water partition coefficient (Wildman–Crippen LogP) is 6.00. The Morgan fingerprint density at radius 1 is 1.05 bits per heavy atom. The summed E-state index contributed by atoms with van der Waals surface area (Å²) < 4.78 is 14.0. The Morgan fingerprint density at radius 3 is 2.38 bits per heavy atom. The maximum Gasteiger partial charge on any atom is 0.252 e. The van der Waals surface area contributed by atoms with E-state index in [9.17, 15) is 4.79 Å². The molecule has 0 aromatic heterocycles. The number of aliphatic hydroxyl groups excluding tert-OH is 1. The van der Waals surface area contributed by atoms with Crippen molar-refractivity contribution in [1.29, 1.82) is 0 Å². The first-order valence-electron chi connectivity index (χ1n) is 12.2. The molecule has 37 heavy (non-hydrogen) atoms. The fourth-order valence-electron chi connectivity index (χ4n) is 4.27. The Kier molecular flexibility index (Phi) is 9.05. The van der Waals surface area contributed by atoms with Gasteiger partial charge in [0.05, 0.1) is 6.61 Å². The van der Waals surface area contributed by atoms with Crippen molar-refractivity contribution in [3.8, 4) is 5.75 Å². The highest BCUT2D eigenvalue weighted by atomic mass is 79.9. The quantitative estimate of drug-likeness (QED) is 0.270. The van der Waals surface area contributed by atoms with Crippen LogP contribution in [0.1, 0.15) is 43.1 Å². The van der Waals surface area contributed by atoms with Crippen molar-refractivity contribution in [2.45, 2.75) is 44.4 Å². The standard InChI is InChI=1S/C29H30Br2N2O4/c1-19(2)32-28(35)29(18-21-8-3-5-10-24(21)30)26(23-9-4-6-11-25(23)31)37-27(33-29)20-12-14-22(15-13-20)36-17-7-16-34/h3-6,8-15,19,26,34H,7,16-18H2,1-2H3,(H,32,35)/t26-,29-/m1/s1. The van der Waals surface area contributed by atoms with Crippen LogP contribution >= 0.6 is 31.9 Å². The molecule has 1 heterocycles. The summed E-state index contributed by atoms with van der Waals surface area (Å²) in [5, 5.41) is 12.1. The molecule has 0 bridgehead atoms. The van der Waals surface area contributed by atoms with Crippen LogP contribution < -0.4 is 10.1 Å². The average Bonchev–Trinajstić information content (AvgIpc) is 3.26. The van der Waals surface area contributed by atoms with E-state index >= 15 is 0 Å². The third kappa shape index (κ3) is 6.25. The highest BCUT2D eigenvalue weighted by molar-refractivity contribution is 9.10. The number of aliphatic hydroxyl groups is 1. The first-order valence-corrected chi connectivity index (χ1v) is 13.8. The molecule has 194 valence electrons. The van der Waals surface area contributed by atoms with Crippen LogP contribution in [0.2, 0.25) is 0 Å². The number of aliphatic imine (C=N–C) groups is 1. The van der Waals surface area contributed by atoms with Gasteiger partial charge in [-0.3, -0.25) is 4.79 Å². The molecule has 0 radical (unpaired) electrons. The number of ether oxygens (including phenoxy) is 2. The third-order valence-corrected chi connectivity index (χ3v) is 7.55. The molecule has 2 atom stereocenters. The molecule has 0 fully saturated rings. The molecule has 0 saturated heterocycles. The van der Waals surface area contributed by atoms with Crippen molar-refractivity contribution in [2.75, 3.05) is 13.2 Å². The molecule has 1 amide bonds. The zero-order valence-electron chi connectivity index (χ0n) is 20.8. The predicted molar refractivity (Wildman–Crippen MR) is 152 cm³/mol. The zero-order chi connectivity index (χ0) is 26.4. The van der Waals surface area contributed by atoms with E-state index in [4.69, 9.17) is 19.6 Å². The average molecular weight is 630 g/mol. The minimum atomic E-state index is -1.25.